The molecule has 3 aromatic heterocycles. The topological polar surface area (TPSA) is 110 Å². The summed E-state index contributed by atoms with van der Waals surface area (Å²) in [6.45, 7) is 0. The zero-order valence-corrected chi connectivity index (χ0v) is 15.0. The van der Waals surface area contributed by atoms with Crippen LogP contribution in [0.15, 0.2) is 42.9 Å². The van der Waals surface area contributed by atoms with Gasteiger partial charge in [0, 0.05) is 46.8 Å². The van der Waals surface area contributed by atoms with Gasteiger partial charge >= 0.3 is 0 Å². The van der Waals surface area contributed by atoms with Gasteiger partial charge in [0.15, 0.2) is 5.65 Å². The third-order valence-corrected chi connectivity index (χ3v) is 5.61. The van der Waals surface area contributed by atoms with Gasteiger partial charge in [-0.25, -0.2) is 9.50 Å². The minimum atomic E-state index is 0.290. The number of hydrogen-bond donors (Lipinski definition) is 4. The molecule has 1 aliphatic rings. The van der Waals surface area contributed by atoms with E-state index in [4.69, 9.17) is 11.5 Å². The van der Waals surface area contributed by atoms with Gasteiger partial charge in [0.25, 0.3) is 0 Å². The molecule has 0 atom stereocenters. The van der Waals surface area contributed by atoms with Crippen molar-refractivity contribution in [2.45, 2.75) is 37.6 Å². The molecule has 27 heavy (non-hydrogen) atoms. The Balaban J connectivity index is 1.62. The van der Waals surface area contributed by atoms with Crippen LogP contribution in [0.4, 0.5) is 17.2 Å². The average molecular weight is 361 g/mol. The molecule has 0 amide bonds. The second-order valence-corrected chi connectivity index (χ2v) is 7.39. The van der Waals surface area contributed by atoms with Gasteiger partial charge in [0.1, 0.15) is 5.82 Å². The van der Waals surface area contributed by atoms with E-state index in [1.807, 2.05) is 12.4 Å². The van der Waals surface area contributed by atoms with Crippen LogP contribution < -0.4 is 16.8 Å². The number of aromatic nitrogens is 4. The van der Waals surface area contributed by atoms with Crippen LogP contribution in [0.3, 0.4) is 0 Å². The standard InChI is InChI=1S/C20H23N7/c21-14-3-1-12(2-4-14)17-18(20-24-9-10-27(20)26-19(17)22)25-15-5-6-16-13(11-15)7-8-23-16/h5-12,14,23,25H,1-4,21H2,(H2,22,26). The van der Waals surface area contributed by atoms with E-state index in [0.29, 0.717) is 11.7 Å². The summed E-state index contributed by atoms with van der Waals surface area (Å²) in [7, 11) is 0. The van der Waals surface area contributed by atoms with Gasteiger partial charge in [-0.15, -0.1) is 5.10 Å². The van der Waals surface area contributed by atoms with E-state index in [-0.39, 0.29) is 6.04 Å². The molecule has 138 valence electrons. The molecule has 1 aliphatic carbocycles. The molecular formula is C20H23N7. The molecule has 0 bridgehead atoms. The Morgan fingerprint density at radius 3 is 2.85 bits per heavy atom. The van der Waals surface area contributed by atoms with Gasteiger partial charge in [-0.05, 0) is 55.9 Å². The van der Waals surface area contributed by atoms with E-state index >= 15 is 0 Å². The first kappa shape index (κ1) is 16.1. The fourth-order valence-electron chi connectivity index (χ4n) is 4.19. The number of benzene rings is 1. The van der Waals surface area contributed by atoms with Crippen LogP contribution in [-0.2, 0) is 0 Å². The van der Waals surface area contributed by atoms with Crippen molar-refractivity contribution in [3.8, 4) is 0 Å². The van der Waals surface area contributed by atoms with Crippen molar-refractivity contribution in [2.24, 2.45) is 5.73 Å². The summed E-state index contributed by atoms with van der Waals surface area (Å²) < 4.78 is 1.74. The summed E-state index contributed by atoms with van der Waals surface area (Å²) >= 11 is 0. The molecule has 4 aromatic rings. The number of nitrogens with zero attached hydrogens (tertiary/aromatic N) is 3. The molecule has 3 heterocycles. The molecule has 0 aliphatic heterocycles. The highest BCUT2D eigenvalue weighted by molar-refractivity contribution is 5.87. The second kappa shape index (κ2) is 6.28. The van der Waals surface area contributed by atoms with E-state index in [1.54, 1.807) is 10.7 Å². The molecule has 7 nitrogen and oxygen atoms in total. The third-order valence-electron chi connectivity index (χ3n) is 5.61. The normalized spacial score (nSPS) is 20.3. The first-order chi connectivity index (χ1) is 13.2. The number of nitrogens with one attached hydrogen (secondary N) is 2. The fraction of sp³-hybridized carbons (Fsp3) is 0.300. The van der Waals surface area contributed by atoms with Crippen LogP contribution >= 0.6 is 0 Å². The zero-order valence-electron chi connectivity index (χ0n) is 15.0. The van der Waals surface area contributed by atoms with Crippen molar-refractivity contribution >= 4 is 33.7 Å². The molecule has 6 N–H and O–H groups in total. The smallest absolute Gasteiger partial charge is 0.177 e. The van der Waals surface area contributed by atoms with E-state index < -0.39 is 0 Å². The molecule has 0 spiro atoms. The Morgan fingerprint density at radius 2 is 2.00 bits per heavy atom. The Hall–Kier alpha value is -3.06. The van der Waals surface area contributed by atoms with Gasteiger partial charge in [-0.1, -0.05) is 0 Å². The number of anilines is 3. The van der Waals surface area contributed by atoms with Gasteiger partial charge in [-0.2, -0.15) is 0 Å². The molecule has 1 fully saturated rings. The summed E-state index contributed by atoms with van der Waals surface area (Å²) in [6.07, 6.45) is 9.60. The molecule has 1 aromatic carbocycles. The summed E-state index contributed by atoms with van der Waals surface area (Å²) in [5, 5.41) is 9.27. The first-order valence-electron chi connectivity index (χ1n) is 9.41. The van der Waals surface area contributed by atoms with Gasteiger partial charge < -0.3 is 21.8 Å². The maximum atomic E-state index is 6.40. The van der Waals surface area contributed by atoms with Crippen LogP contribution in [0.25, 0.3) is 16.6 Å². The van der Waals surface area contributed by atoms with Crippen LogP contribution in [0.5, 0.6) is 0 Å². The van der Waals surface area contributed by atoms with Gasteiger partial charge in [0.05, 0.1) is 5.69 Å². The molecule has 0 unspecified atom stereocenters. The lowest BCUT2D eigenvalue weighted by Crippen LogP contribution is -2.26. The van der Waals surface area contributed by atoms with E-state index in [0.717, 1.165) is 59.2 Å². The first-order valence-corrected chi connectivity index (χ1v) is 9.41. The largest absolute Gasteiger partial charge is 0.382 e. The maximum Gasteiger partial charge on any atom is 0.177 e. The average Bonchev–Trinajstić information content (AvgIpc) is 3.31. The number of nitrogens with two attached hydrogens (primary N) is 2. The van der Waals surface area contributed by atoms with Gasteiger partial charge in [-0.3, -0.25) is 0 Å². The maximum absolute atomic E-state index is 6.40. The minimum absolute atomic E-state index is 0.290. The number of hydrogen-bond acceptors (Lipinski definition) is 5. The van der Waals surface area contributed by atoms with Crippen molar-refractivity contribution < 1.29 is 0 Å². The fourth-order valence-corrected chi connectivity index (χ4v) is 4.19. The number of fused-ring (bicyclic) bond motifs is 2. The highest BCUT2D eigenvalue weighted by Gasteiger charge is 2.27. The summed E-state index contributed by atoms with van der Waals surface area (Å²) in [6, 6.07) is 8.62. The number of H-pyrrole nitrogens is 1. The number of aromatic amines is 1. The summed E-state index contributed by atoms with van der Waals surface area (Å²) in [5.74, 6) is 0.906. The highest BCUT2D eigenvalue weighted by atomic mass is 15.3. The predicted molar refractivity (Wildman–Crippen MR) is 108 cm³/mol. The lowest BCUT2D eigenvalue weighted by atomic mass is 9.81. The minimum Gasteiger partial charge on any atom is -0.382 e. The zero-order chi connectivity index (χ0) is 18.4. The monoisotopic (exact) mass is 361 g/mol. The third kappa shape index (κ3) is 2.80. The SMILES string of the molecule is Nc1nn2ccnc2c(Nc2ccc3[nH]ccc3c2)c1C1CCC(N)CC1. The molecule has 1 saturated carbocycles. The Bertz CT molecular complexity index is 1100. The van der Waals surface area contributed by atoms with Crippen molar-refractivity contribution in [1.29, 1.82) is 0 Å². The molecule has 0 radical (unpaired) electrons. The highest BCUT2D eigenvalue weighted by Crippen LogP contribution is 2.41. The molecule has 0 saturated heterocycles. The van der Waals surface area contributed by atoms with Crippen molar-refractivity contribution in [3.63, 3.8) is 0 Å². The Morgan fingerprint density at radius 1 is 1.15 bits per heavy atom. The quantitative estimate of drug-likeness (QED) is 0.446. The van der Waals surface area contributed by atoms with E-state index in [9.17, 15) is 0 Å². The molecule has 7 heteroatoms. The molecule has 5 rings (SSSR count). The van der Waals surface area contributed by atoms with E-state index in [1.165, 1.54) is 0 Å². The van der Waals surface area contributed by atoms with Gasteiger partial charge in [0.2, 0.25) is 0 Å². The van der Waals surface area contributed by atoms with Crippen LogP contribution in [0.2, 0.25) is 0 Å². The number of imidazole rings is 1. The van der Waals surface area contributed by atoms with Crippen molar-refractivity contribution in [2.75, 3.05) is 11.1 Å². The summed E-state index contributed by atoms with van der Waals surface area (Å²) in [4.78, 5) is 7.76. The van der Waals surface area contributed by atoms with Crippen LogP contribution in [-0.4, -0.2) is 25.6 Å². The number of nitrogen functional groups attached to an aromatic ring is 1. The number of rotatable bonds is 3. The van der Waals surface area contributed by atoms with Crippen LogP contribution in [0, 0.1) is 0 Å². The lowest BCUT2D eigenvalue weighted by Gasteiger charge is -2.28. The van der Waals surface area contributed by atoms with Crippen molar-refractivity contribution in [3.05, 3.63) is 48.4 Å². The van der Waals surface area contributed by atoms with E-state index in [2.05, 4.69) is 44.6 Å². The predicted octanol–water partition coefficient (Wildman–Crippen LogP) is 3.52. The second-order valence-electron chi connectivity index (χ2n) is 7.39. The van der Waals surface area contributed by atoms with Crippen LogP contribution in [0.1, 0.15) is 37.2 Å². The summed E-state index contributed by atoms with van der Waals surface area (Å²) in [5.41, 5.74) is 17.4. The Kier molecular flexibility index (Phi) is 3.75. The Labute approximate surface area is 156 Å². The lowest BCUT2D eigenvalue weighted by molar-refractivity contribution is 0.396. The molecular weight excluding hydrogens is 338 g/mol. The van der Waals surface area contributed by atoms with Crippen molar-refractivity contribution in [1.82, 2.24) is 19.6 Å².